The Kier molecular flexibility index (Phi) is 4.15. The van der Waals surface area contributed by atoms with Crippen LogP contribution in [0.25, 0.3) is 0 Å². The molecule has 2 rings (SSSR count). The van der Waals surface area contributed by atoms with E-state index in [-0.39, 0.29) is 11.7 Å². The summed E-state index contributed by atoms with van der Waals surface area (Å²) in [6.07, 6.45) is 0.399. The molecule has 110 valence electrons. The second kappa shape index (κ2) is 5.68. The Hall–Kier alpha value is -1.79. The summed E-state index contributed by atoms with van der Waals surface area (Å²) in [5.41, 5.74) is -1.36. The van der Waals surface area contributed by atoms with Crippen LogP contribution in [0.4, 0.5) is 24.5 Å². The molecule has 1 saturated carbocycles. The van der Waals surface area contributed by atoms with Crippen LogP contribution in [0.5, 0.6) is 0 Å². The van der Waals surface area contributed by atoms with Gasteiger partial charge >= 0.3 is 6.18 Å². The topological polar surface area (TPSA) is 55.2 Å². The van der Waals surface area contributed by atoms with E-state index in [9.17, 15) is 23.3 Å². The number of nitrogens with one attached hydrogen (secondary N) is 1. The SMILES string of the molecule is O=[N+]([O-])c1cc(C(F)(F)F)ccc1NC1CCCCC1. The van der Waals surface area contributed by atoms with Gasteiger partial charge in [0.15, 0.2) is 0 Å². The smallest absolute Gasteiger partial charge is 0.377 e. The average molecular weight is 288 g/mol. The van der Waals surface area contributed by atoms with Crippen LogP contribution < -0.4 is 5.32 Å². The molecule has 0 aliphatic heterocycles. The molecule has 0 unspecified atom stereocenters. The van der Waals surface area contributed by atoms with Crippen LogP contribution in [-0.2, 0) is 6.18 Å². The molecule has 0 amide bonds. The number of halogens is 3. The van der Waals surface area contributed by atoms with Crippen LogP contribution in [0.1, 0.15) is 37.7 Å². The highest BCUT2D eigenvalue weighted by Crippen LogP contribution is 2.35. The van der Waals surface area contributed by atoms with Gasteiger partial charge in [0.2, 0.25) is 0 Å². The molecule has 0 radical (unpaired) electrons. The summed E-state index contributed by atoms with van der Waals surface area (Å²) < 4.78 is 37.7. The van der Waals surface area contributed by atoms with Crippen molar-refractivity contribution in [2.75, 3.05) is 5.32 Å². The van der Waals surface area contributed by atoms with Crippen LogP contribution in [0.15, 0.2) is 18.2 Å². The summed E-state index contributed by atoms with van der Waals surface area (Å²) in [5, 5.41) is 13.9. The van der Waals surface area contributed by atoms with Crippen molar-refractivity contribution in [1.29, 1.82) is 0 Å². The fourth-order valence-electron chi connectivity index (χ4n) is 2.45. The first-order chi connectivity index (χ1) is 9.38. The van der Waals surface area contributed by atoms with Gasteiger partial charge in [-0.3, -0.25) is 10.1 Å². The molecule has 1 aliphatic rings. The zero-order chi connectivity index (χ0) is 14.8. The van der Waals surface area contributed by atoms with Gasteiger partial charge < -0.3 is 5.32 Å². The predicted octanol–water partition coefficient (Wildman–Crippen LogP) is 4.36. The first-order valence-electron chi connectivity index (χ1n) is 6.50. The number of benzene rings is 1. The van der Waals surface area contributed by atoms with Crippen LogP contribution in [0.2, 0.25) is 0 Å². The summed E-state index contributed by atoms with van der Waals surface area (Å²) in [6.45, 7) is 0. The van der Waals surface area contributed by atoms with Gasteiger partial charge in [0.25, 0.3) is 5.69 Å². The molecular weight excluding hydrogens is 273 g/mol. The third-order valence-corrected chi connectivity index (χ3v) is 3.49. The number of hydrogen-bond acceptors (Lipinski definition) is 3. The normalized spacial score (nSPS) is 16.9. The lowest BCUT2D eigenvalue weighted by Gasteiger charge is -2.23. The third-order valence-electron chi connectivity index (χ3n) is 3.49. The molecule has 1 aliphatic carbocycles. The minimum Gasteiger partial charge on any atom is -0.377 e. The zero-order valence-electron chi connectivity index (χ0n) is 10.7. The Morgan fingerprint density at radius 1 is 1.20 bits per heavy atom. The number of nitrogens with zero attached hydrogens (tertiary/aromatic N) is 1. The number of nitro benzene ring substituents is 1. The van der Waals surface area contributed by atoms with Crippen molar-refractivity contribution in [3.8, 4) is 0 Å². The fourth-order valence-corrected chi connectivity index (χ4v) is 2.45. The highest BCUT2D eigenvalue weighted by Gasteiger charge is 2.33. The highest BCUT2D eigenvalue weighted by atomic mass is 19.4. The van der Waals surface area contributed by atoms with E-state index in [4.69, 9.17) is 0 Å². The monoisotopic (exact) mass is 288 g/mol. The third kappa shape index (κ3) is 3.40. The lowest BCUT2D eigenvalue weighted by Crippen LogP contribution is -2.22. The Bertz CT molecular complexity index is 497. The van der Waals surface area contributed by atoms with E-state index >= 15 is 0 Å². The number of hydrogen-bond donors (Lipinski definition) is 1. The van der Waals surface area contributed by atoms with Crippen LogP contribution in [0, 0.1) is 10.1 Å². The lowest BCUT2D eigenvalue weighted by molar-refractivity contribution is -0.384. The number of rotatable bonds is 3. The van der Waals surface area contributed by atoms with Gasteiger partial charge in [0, 0.05) is 12.1 Å². The Morgan fingerprint density at radius 3 is 2.40 bits per heavy atom. The van der Waals surface area contributed by atoms with Crippen molar-refractivity contribution in [2.24, 2.45) is 0 Å². The van der Waals surface area contributed by atoms with Crippen molar-refractivity contribution < 1.29 is 18.1 Å². The van der Waals surface area contributed by atoms with Gasteiger partial charge in [0.1, 0.15) is 5.69 Å². The number of alkyl halides is 3. The van der Waals surface area contributed by atoms with Gasteiger partial charge in [-0.25, -0.2) is 0 Å². The molecule has 20 heavy (non-hydrogen) atoms. The molecule has 1 fully saturated rings. The van der Waals surface area contributed by atoms with Crippen molar-refractivity contribution in [3.63, 3.8) is 0 Å². The molecule has 0 spiro atoms. The van der Waals surface area contributed by atoms with Crippen molar-refractivity contribution in [1.82, 2.24) is 0 Å². The molecule has 7 heteroatoms. The number of nitro groups is 1. The van der Waals surface area contributed by atoms with Crippen molar-refractivity contribution >= 4 is 11.4 Å². The first kappa shape index (κ1) is 14.6. The van der Waals surface area contributed by atoms with Gasteiger partial charge in [-0.05, 0) is 25.0 Å². The molecule has 0 aromatic heterocycles. The maximum absolute atomic E-state index is 12.6. The van der Waals surface area contributed by atoms with E-state index in [1.165, 1.54) is 0 Å². The second-order valence-electron chi connectivity index (χ2n) is 4.97. The van der Waals surface area contributed by atoms with Gasteiger partial charge in [-0.2, -0.15) is 13.2 Å². The molecule has 0 atom stereocenters. The molecule has 1 aromatic carbocycles. The van der Waals surface area contributed by atoms with Crippen molar-refractivity contribution in [3.05, 3.63) is 33.9 Å². The van der Waals surface area contributed by atoms with Crippen LogP contribution in [-0.4, -0.2) is 11.0 Å². The summed E-state index contributed by atoms with van der Waals surface area (Å²) >= 11 is 0. The predicted molar refractivity (Wildman–Crippen MR) is 68.6 cm³/mol. The van der Waals surface area contributed by atoms with Gasteiger partial charge in [0.05, 0.1) is 10.5 Å². The molecule has 0 heterocycles. The van der Waals surface area contributed by atoms with Gasteiger partial charge in [-0.1, -0.05) is 19.3 Å². The summed E-state index contributed by atoms with van der Waals surface area (Å²) in [4.78, 5) is 10.2. The first-order valence-corrected chi connectivity index (χ1v) is 6.50. The van der Waals surface area contributed by atoms with E-state index in [0.29, 0.717) is 6.07 Å². The molecule has 0 saturated heterocycles. The molecular formula is C13H15F3N2O2. The average Bonchev–Trinajstić information content (AvgIpc) is 2.38. The highest BCUT2D eigenvalue weighted by molar-refractivity contribution is 5.63. The Balaban J connectivity index is 2.25. The Morgan fingerprint density at radius 2 is 1.85 bits per heavy atom. The minimum atomic E-state index is -4.58. The van der Waals surface area contributed by atoms with E-state index < -0.39 is 22.4 Å². The zero-order valence-corrected chi connectivity index (χ0v) is 10.7. The molecule has 0 bridgehead atoms. The van der Waals surface area contributed by atoms with E-state index in [2.05, 4.69) is 5.32 Å². The fraction of sp³-hybridized carbons (Fsp3) is 0.538. The molecule has 1 aromatic rings. The summed E-state index contributed by atoms with van der Waals surface area (Å²) in [7, 11) is 0. The lowest BCUT2D eigenvalue weighted by atomic mass is 9.95. The minimum absolute atomic E-state index is 0.0965. The molecule has 1 N–H and O–H groups in total. The number of anilines is 1. The largest absolute Gasteiger partial charge is 0.416 e. The van der Waals surface area contributed by atoms with E-state index in [0.717, 1.165) is 44.2 Å². The molecule has 4 nitrogen and oxygen atoms in total. The standard InChI is InChI=1S/C13H15F3N2O2/c14-13(15,16)9-6-7-11(12(8-9)18(19)20)17-10-4-2-1-3-5-10/h6-8,10,17H,1-5H2. The van der Waals surface area contributed by atoms with Crippen molar-refractivity contribution in [2.45, 2.75) is 44.3 Å². The van der Waals surface area contributed by atoms with Crippen LogP contribution in [0.3, 0.4) is 0 Å². The van der Waals surface area contributed by atoms with Crippen LogP contribution >= 0.6 is 0 Å². The maximum atomic E-state index is 12.6. The maximum Gasteiger partial charge on any atom is 0.416 e. The van der Waals surface area contributed by atoms with E-state index in [1.807, 2.05) is 0 Å². The quantitative estimate of drug-likeness (QED) is 0.664. The second-order valence-corrected chi connectivity index (χ2v) is 4.97. The summed E-state index contributed by atoms with van der Waals surface area (Å²) in [6, 6.07) is 2.71. The summed E-state index contributed by atoms with van der Waals surface area (Å²) in [5.74, 6) is 0. The van der Waals surface area contributed by atoms with Gasteiger partial charge in [-0.15, -0.1) is 0 Å². The van der Waals surface area contributed by atoms with E-state index in [1.54, 1.807) is 0 Å². The Labute approximate surface area is 114 Å².